The highest BCUT2D eigenvalue weighted by Gasteiger charge is 2.30. The van der Waals surface area contributed by atoms with Crippen LogP contribution in [0.15, 0.2) is 28.8 Å². The normalized spacial score (nSPS) is 18.3. The van der Waals surface area contributed by atoms with E-state index < -0.39 is 0 Å². The third-order valence-corrected chi connectivity index (χ3v) is 4.70. The van der Waals surface area contributed by atoms with E-state index >= 15 is 0 Å². The molecule has 2 aromatic rings. The quantitative estimate of drug-likeness (QED) is 0.796. The zero-order valence-corrected chi connectivity index (χ0v) is 14.9. The second kappa shape index (κ2) is 7.26. The molecule has 3 rings (SSSR count). The highest BCUT2D eigenvalue weighted by Crippen LogP contribution is 2.36. The summed E-state index contributed by atoms with van der Waals surface area (Å²) in [4.78, 5) is 2.44. The van der Waals surface area contributed by atoms with Crippen LogP contribution >= 0.6 is 0 Å². The van der Waals surface area contributed by atoms with E-state index in [0.29, 0.717) is 5.92 Å². The van der Waals surface area contributed by atoms with Crippen molar-refractivity contribution in [3.05, 3.63) is 41.3 Å². The molecule has 1 aliphatic rings. The van der Waals surface area contributed by atoms with Crippen molar-refractivity contribution in [3.63, 3.8) is 0 Å². The van der Waals surface area contributed by atoms with Gasteiger partial charge in [-0.15, -0.1) is 0 Å². The lowest BCUT2D eigenvalue weighted by atomic mass is 10.1. The van der Waals surface area contributed by atoms with Crippen LogP contribution in [0.25, 0.3) is 0 Å². The van der Waals surface area contributed by atoms with Crippen molar-refractivity contribution < 1.29 is 14.0 Å². The summed E-state index contributed by atoms with van der Waals surface area (Å²) in [6.45, 7) is 6.15. The molecule has 1 aromatic carbocycles. The van der Waals surface area contributed by atoms with Gasteiger partial charge in [-0.05, 0) is 31.4 Å². The number of aromatic nitrogens is 1. The van der Waals surface area contributed by atoms with E-state index in [4.69, 9.17) is 14.0 Å². The second-order valence-corrected chi connectivity index (χ2v) is 6.62. The first-order valence-corrected chi connectivity index (χ1v) is 8.53. The molecule has 0 bridgehead atoms. The summed E-state index contributed by atoms with van der Waals surface area (Å²) in [6, 6.07) is 8.39. The maximum absolute atomic E-state index is 5.63. The molecule has 0 amide bonds. The number of nitrogens with zero attached hydrogens (tertiary/aromatic N) is 2. The molecular weight excluding hydrogens is 304 g/mol. The molecule has 5 heteroatoms. The average molecular weight is 330 g/mol. The number of ether oxygens (including phenoxy) is 2. The first-order chi connectivity index (χ1) is 11.6. The second-order valence-electron chi connectivity index (χ2n) is 6.62. The van der Waals surface area contributed by atoms with Gasteiger partial charge in [0.25, 0.3) is 0 Å². The van der Waals surface area contributed by atoms with Crippen molar-refractivity contribution in [3.8, 4) is 11.5 Å². The van der Waals surface area contributed by atoms with E-state index in [1.165, 1.54) is 6.42 Å². The number of hydrogen-bond donors (Lipinski definition) is 0. The van der Waals surface area contributed by atoms with Crippen LogP contribution in [0.3, 0.4) is 0 Å². The summed E-state index contributed by atoms with van der Waals surface area (Å²) in [7, 11) is 3.37. The predicted molar refractivity (Wildman–Crippen MR) is 92.5 cm³/mol. The van der Waals surface area contributed by atoms with Crippen LogP contribution in [0, 0.1) is 0 Å². The summed E-state index contributed by atoms with van der Waals surface area (Å²) >= 11 is 0. The standard InChI is InChI=1S/C19H26N2O3/c1-13(2)16-11-19(24-20-16)17-6-5-9-21(17)12-14-7-8-15(22-3)10-18(14)23-4/h7-8,10-11,13,17H,5-6,9,12H2,1-4H3/t17-/m1/s1. The van der Waals surface area contributed by atoms with Gasteiger partial charge >= 0.3 is 0 Å². The molecule has 1 aromatic heterocycles. The molecule has 0 spiro atoms. The lowest BCUT2D eigenvalue weighted by Gasteiger charge is -2.23. The largest absolute Gasteiger partial charge is 0.497 e. The molecule has 130 valence electrons. The fourth-order valence-electron chi connectivity index (χ4n) is 3.27. The Morgan fingerprint density at radius 3 is 2.75 bits per heavy atom. The van der Waals surface area contributed by atoms with Crippen molar-refractivity contribution in [1.29, 1.82) is 0 Å². The van der Waals surface area contributed by atoms with E-state index in [2.05, 4.69) is 36.0 Å². The minimum absolute atomic E-state index is 0.289. The zero-order chi connectivity index (χ0) is 17.1. The van der Waals surface area contributed by atoms with Gasteiger partial charge in [-0.2, -0.15) is 0 Å². The molecule has 0 unspecified atom stereocenters. The lowest BCUT2D eigenvalue weighted by Crippen LogP contribution is -2.22. The number of hydrogen-bond acceptors (Lipinski definition) is 5. The highest BCUT2D eigenvalue weighted by molar-refractivity contribution is 5.40. The lowest BCUT2D eigenvalue weighted by molar-refractivity contribution is 0.204. The fraction of sp³-hybridized carbons (Fsp3) is 0.526. The van der Waals surface area contributed by atoms with Gasteiger partial charge in [0, 0.05) is 24.2 Å². The van der Waals surface area contributed by atoms with Crippen molar-refractivity contribution in [2.24, 2.45) is 0 Å². The Labute approximate surface area is 143 Å². The molecule has 0 N–H and O–H groups in total. The fourth-order valence-corrected chi connectivity index (χ4v) is 3.27. The summed E-state index contributed by atoms with van der Waals surface area (Å²) < 4.78 is 16.4. The van der Waals surface area contributed by atoms with Crippen molar-refractivity contribution in [2.75, 3.05) is 20.8 Å². The monoisotopic (exact) mass is 330 g/mol. The minimum atomic E-state index is 0.289. The molecule has 0 aliphatic carbocycles. The highest BCUT2D eigenvalue weighted by atomic mass is 16.5. The Balaban J connectivity index is 1.78. The minimum Gasteiger partial charge on any atom is -0.497 e. The third kappa shape index (κ3) is 3.41. The van der Waals surface area contributed by atoms with E-state index in [9.17, 15) is 0 Å². The van der Waals surface area contributed by atoms with Crippen LogP contribution < -0.4 is 9.47 Å². The third-order valence-electron chi connectivity index (χ3n) is 4.70. The van der Waals surface area contributed by atoms with Gasteiger partial charge in [0.2, 0.25) is 0 Å². The zero-order valence-electron chi connectivity index (χ0n) is 14.9. The van der Waals surface area contributed by atoms with E-state index in [0.717, 1.165) is 48.0 Å². The average Bonchev–Trinajstić information content (AvgIpc) is 3.24. The molecule has 1 fully saturated rings. The molecule has 1 atom stereocenters. The van der Waals surface area contributed by atoms with E-state index in [1.807, 2.05) is 12.1 Å². The van der Waals surface area contributed by atoms with Crippen LogP contribution in [0.5, 0.6) is 11.5 Å². The maximum atomic E-state index is 5.63. The van der Waals surface area contributed by atoms with Crippen LogP contribution in [0.2, 0.25) is 0 Å². The van der Waals surface area contributed by atoms with Crippen LogP contribution in [-0.4, -0.2) is 30.8 Å². The molecule has 0 radical (unpaired) electrons. The van der Waals surface area contributed by atoms with Crippen molar-refractivity contribution >= 4 is 0 Å². The SMILES string of the molecule is COc1ccc(CN2CCC[C@@H]2c2cc(C(C)C)no2)c(OC)c1. The van der Waals surface area contributed by atoms with Gasteiger partial charge in [0.05, 0.1) is 26.0 Å². The Morgan fingerprint density at radius 1 is 1.25 bits per heavy atom. The molecular formula is C19H26N2O3. The summed E-state index contributed by atoms with van der Waals surface area (Å²) in [5.74, 6) is 3.04. The van der Waals surface area contributed by atoms with Crippen molar-refractivity contribution in [1.82, 2.24) is 10.1 Å². The summed E-state index contributed by atoms with van der Waals surface area (Å²) in [6.07, 6.45) is 2.27. The van der Waals surface area contributed by atoms with Crippen LogP contribution in [0.1, 0.15) is 55.7 Å². The molecule has 24 heavy (non-hydrogen) atoms. The van der Waals surface area contributed by atoms with E-state index in [-0.39, 0.29) is 6.04 Å². The van der Waals surface area contributed by atoms with Gasteiger partial charge in [0.15, 0.2) is 5.76 Å². The number of rotatable bonds is 6. The van der Waals surface area contributed by atoms with Crippen LogP contribution in [0.4, 0.5) is 0 Å². The van der Waals surface area contributed by atoms with E-state index in [1.54, 1.807) is 14.2 Å². The smallest absolute Gasteiger partial charge is 0.154 e. The Hall–Kier alpha value is -2.01. The molecule has 2 heterocycles. The number of methoxy groups -OCH3 is 2. The molecule has 1 aliphatic heterocycles. The van der Waals surface area contributed by atoms with Crippen LogP contribution in [-0.2, 0) is 6.54 Å². The van der Waals surface area contributed by atoms with Crippen molar-refractivity contribution in [2.45, 2.75) is 45.2 Å². The van der Waals surface area contributed by atoms with Gasteiger partial charge in [-0.3, -0.25) is 4.90 Å². The topological polar surface area (TPSA) is 47.7 Å². The summed E-state index contributed by atoms with van der Waals surface area (Å²) in [5, 5.41) is 4.22. The first kappa shape index (κ1) is 16.8. The Morgan fingerprint density at radius 2 is 2.08 bits per heavy atom. The Kier molecular flexibility index (Phi) is 5.09. The Bertz CT molecular complexity index is 681. The first-order valence-electron chi connectivity index (χ1n) is 8.53. The van der Waals surface area contributed by atoms with Gasteiger partial charge < -0.3 is 14.0 Å². The summed E-state index contributed by atoms with van der Waals surface area (Å²) in [5.41, 5.74) is 2.19. The van der Waals surface area contributed by atoms with Gasteiger partial charge in [-0.25, -0.2) is 0 Å². The molecule has 1 saturated heterocycles. The number of likely N-dealkylation sites (tertiary alicyclic amines) is 1. The number of benzene rings is 1. The maximum Gasteiger partial charge on any atom is 0.154 e. The molecule has 5 nitrogen and oxygen atoms in total. The van der Waals surface area contributed by atoms with Gasteiger partial charge in [0.1, 0.15) is 11.5 Å². The molecule has 0 saturated carbocycles. The predicted octanol–water partition coefficient (Wildman–Crippen LogP) is 4.15. The van der Waals surface area contributed by atoms with Gasteiger partial charge in [-0.1, -0.05) is 25.1 Å².